The van der Waals surface area contributed by atoms with Gasteiger partial charge in [-0.1, -0.05) is 30.3 Å². The Hall–Kier alpha value is -2.57. The monoisotopic (exact) mass is 379 g/mol. The number of rotatable bonds is 12. The highest BCUT2D eigenvalue weighted by molar-refractivity contribution is 5.70. The average molecular weight is 379 g/mol. The van der Waals surface area contributed by atoms with E-state index >= 15 is 0 Å². The minimum atomic E-state index is -0.531. The van der Waals surface area contributed by atoms with Crippen LogP contribution in [-0.4, -0.2) is 37.8 Å². The summed E-state index contributed by atoms with van der Waals surface area (Å²) in [6.45, 7) is 4.66. The summed E-state index contributed by atoms with van der Waals surface area (Å²) in [6, 6.07) is 9.37. The second-order valence-corrected chi connectivity index (χ2v) is 6.00. The van der Waals surface area contributed by atoms with Gasteiger partial charge < -0.3 is 19.5 Å². The standard InChI is InChI=1S/C20H29NO6/c1-3-25-18(22)12-10-16(11-13-19(23)26-4-2)14-21-20(24)27-15-17-8-6-5-7-9-17/h5-9,16H,3-4,10-15H2,1-2H3,(H,21,24). The first-order valence-electron chi connectivity index (χ1n) is 9.30. The van der Waals surface area contributed by atoms with E-state index in [0.29, 0.717) is 32.6 Å². The third-order valence-corrected chi connectivity index (χ3v) is 3.87. The van der Waals surface area contributed by atoms with Gasteiger partial charge in [-0.05, 0) is 38.2 Å². The lowest BCUT2D eigenvalue weighted by Gasteiger charge is -2.17. The van der Waals surface area contributed by atoms with Gasteiger partial charge in [0.05, 0.1) is 13.2 Å². The van der Waals surface area contributed by atoms with E-state index in [4.69, 9.17) is 14.2 Å². The van der Waals surface area contributed by atoms with E-state index in [2.05, 4.69) is 5.32 Å². The normalized spacial score (nSPS) is 10.3. The molecule has 7 nitrogen and oxygen atoms in total. The first-order valence-corrected chi connectivity index (χ1v) is 9.30. The van der Waals surface area contributed by atoms with E-state index < -0.39 is 6.09 Å². The molecule has 1 amide bonds. The molecule has 150 valence electrons. The highest BCUT2D eigenvalue weighted by atomic mass is 16.5. The number of carbonyl (C=O) groups excluding carboxylic acids is 3. The Morgan fingerprint density at radius 1 is 0.889 bits per heavy atom. The molecule has 1 aromatic rings. The predicted octanol–water partition coefficient (Wildman–Crippen LogP) is 3.22. The number of ether oxygens (including phenoxy) is 3. The number of amides is 1. The van der Waals surface area contributed by atoms with Gasteiger partial charge in [0.2, 0.25) is 0 Å². The molecule has 0 radical (unpaired) electrons. The van der Waals surface area contributed by atoms with Gasteiger partial charge in [0.25, 0.3) is 0 Å². The van der Waals surface area contributed by atoms with Crippen LogP contribution in [0, 0.1) is 5.92 Å². The summed E-state index contributed by atoms with van der Waals surface area (Å²) in [7, 11) is 0. The third kappa shape index (κ3) is 10.9. The number of nitrogens with one attached hydrogen (secondary N) is 1. The van der Waals surface area contributed by atoms with Crippen molar-refractivity contribution in [2.45, 2.75) is 46.1 Å². The molecule has 0 atom stereocenters. The zero-order chi connectivity index (χ0) is 19.9. The van der Waals surface area contributed by atoms with Gasteiger partial charge in [-0.3, -0.25) is 9.59 Å². The van der Waals surface area contributed by atoms with Gasteiger partial charge in [-0.25, -0.2) is 4.79 Å². The Morgan fingerprint density at radius 3 is 1.96 bits per heavy atom. The van der Waals surface area contributed by atoms with E-state index in [1.807, 2.05) is 30.3 Å². The summed E-state index contributed by atoms with van der Waals surface area (Å²) in [5, 5.41) is 2.70. The zero-order valence-corrected chi connectivity index (χ0v) is 16.1. The van der Waals surface area contributed by atoms with Crippen LogP contribution in [-0.2, 0) is 30.4 Å². The molecule has 0 aliphatic carbocycles. The molecular weight excluding hydrogens is 350 g/mol. The second kappa shape index (κ2) is 13.6. The van der Waals surface area contributed by atoms with Crippen molar-refractivity contribution in [1.82, 2.24) is 5.32 Å². The number of hydrogen-bond donors (Lipinski definition) is 1. The van der Waals surface area contributed by atoms with E-state index in [-0.39, 0.29) is 37.3 Å². The number of esters is 2. The fourth-order valence-corrected chi connectivity index (χ4v) is 2.46. The van der Waals surface area contributed by atoms with Crippen LogP contribution in [0.3, 0.4) is 0 Å². The summed E-state index contributed by atoms with van der Waals surface area (Å²) >= 11 is 0. The molecule has 0 fully saturated rings. The van der Waals surface area contributed by atoms with E-state index in [1.165, 1.54) is 0 Å². The van der Waals surface area contributed by atoms with Crippen LogP contribution in [0.2, 0.25) is 0 Å². The van der Waals surface area contributed by atoms with E-state index in [1.54, 1.807) is 13.8 Å². The lowest BCUT2D eigenvalue weighted by molar-refractivity contribution is -0.143. The Bertz CT molecular complexity index is 553. The average Bonchev–Trinajstić information content (AvgIpc) is 2.67. The second-order valence-electron chi connectivity index (χ2n) is 6.00. The van der Waals surface area contributed by atoms with Crippen LogP contribution in [0.5, 0.6) is 0 Å². The zero-order valence-electron chi connectivity index (χ0n) is 16.1. The topological polar surface area (TPSA) is 90.9 Å². The molecule has 1 aromatic carbocycles. The van der Waals surface area contributed by atoms with Crippen LogP contribution in [0.25, 0.3) is 0 Å². The van der Waals surface area contributed by atoms with Crippen molar-refractivity contribution >= 4 is 18.0 Å². The Balaban J connectivity index is 2.41. The molecule has 0 saturated heterocycles. The molecule has 0 aliphatic rings. The number of benzene rings is 1. The number of hydrogen-bond acceptors (Lipinski definition) is 6. The molecular formula is C20H29NO6. The van der Waals surface area contributed by atoms with Crippen molar-refractivity contribution in [2.24, 2.45) is 5.92 Å². The van der Waals surface area contributed by atoms with Crippen LogP contribution in [0.4, 0.5) is 4.79 Å². The minimum absolute atomic E-state index is 0.0527. The van der Waals surface area contributed by atoms with Crippen molar-refractivity contribution in [3.8, 4) is 0 Å². The lowest BCUT2D eigenvalue weighted by atomic mass is 9.97. The van der Waals surface area contributed by atoms with Gasteiger partial charge >= 0.3 is 18.0 Å². The van der Waals surface area contributed by atoms with Crippen molar-refractivity contribution in [1.29, 1.82) is 0 Å². The maximum absolute atomic E-state index is 11.9. The van der Waals surface area contributed by atoms with E-state index in [9.17, 15) is 14.4 Å². The molecule has 0 unspecified atom stereocenters. The van der Waals surface area contributed by atoms with Crippen molar-refractivity contribution in [3.63, 3.8) is 0 Å². The molecule has 1 rings (SSSR count). The molecule has 0 bridgehead atoms. The number of carbonyl (C=O) groups is 3. The molecule has 27 heavy (non-hydrogen) atoms. The van der Waals surface area contributed by atoms with Gasteiger partial charge in [0.1, 0.15) is 6.61 Å². The maximum Gasteiger partial charge on any atom is 0.407 e. The molecule has 0 saturated carbocycles. The molecule has 1 N–H and O–H groups in total. The van der Waals surface area contributed by atoms with Crippen molar-refractivity contribution in [2.75, 3.05) is 19.8 Å². The fraction of sp³-hybridized carbons (Fsp3) is 0.550. The summed E-state index contributed by atoms with van der Waals surface area (Å²) < 4.78 is 15.0. The minimum Gasteiger partial charge on any atom is -0.466 e. The van der Waals surface area contributed by atoms with Gasteiger partial charge in [-0.15, -0.1) is 0 Å². The summed E-state index contributed by atoms with van der Waals surface area (Å²) in [5.74, 6) is -0.626. The van der Waals surface area contributed by atoms with Crippen molar-refractivity contribution in [3.05, 3.63) is 35.9 Å². The number of alkyl carbamates (subject to hydrolysis) is 1. The van der Waals surface area contributed by atoms with Gasteiger partial charge in [-0.2, -0.15) is 0 Å². The SMILES string of the molecule is CCOC(=O)CCC(CCC(=O)OCC)CNC(=O)OCc1ccccc1. The molecule has 0 aliphatic heterocycles. The first-order chi connectivity index (χ1) is 13.0. The predicted molar refractivity (Wildman–Crippen MR) is 99.9 cm³/mol. The fourth-order valence-electron chi connectivity index (χ4n) is 2.46. The largest absolute Gasteiger partial charge is 0.466 e. The Morgan fingerprint density at radius 2 is 1.44 bits per heavy atom. The smallest absolute Gasteiger partial charge is 0.407 e. The summed E-state index contributed by atoms with van der Waals surface area (Å²) in [6.07, 6.45) is 0.967. The molecule has 0 aromatic heterocycles. The Labute approximate surface area is 160 Å². The van der Waals surface area contributed by atoms with Gasteiger partial charge in [0.15, 0.2) is 0 Å². The van der Waals surface area contributed by atoms with Crippen LogP contribution in [0.1, 0.15) is 45.1 Å². The molecule has 7 heteroatoms. The lowest BCUT2D eigenvalue weighted by Crippen LogP contribution is -2.30. The van der Waals surface area contributed by atoms with Crippen LogP contribution in [0.15, 0.2) is 30.3 Å². The van der Waals surface area contributed by atoms with Crippen molar-refractivity contribution < 1.29 is 28.6 Å². The summed E-state index contributed by atoms with van der Waals surface area (Å²) in [5.41, 5.74) is 0.897. The highest BCUT2D eigenvalue weighted by Gasteiger charge is 2.16. The molecule has 0 spiro atoms. The first kappa shape index (κ1) is 22.5. The quantitative estimate of drug-likeness (QED) is 0.443. The van der Waals surface area contributed by atoms with E-state index in [0.717, 1.165) is 5.56 Å². The molecule has 0 heterocycles. The van der Waals surface area contributed by atoms with Crippen LogP contribution >= 0.6 is 0 Å². The maximum atomic E-state index is 11.9. The van der Waals surface area contributed by atoms with Gasteiger partial charge in [0, 0.05) is 19.4 Å². The van der Waals surface area contributed by atoms with Crippen LogP contribution < -0.4 is 5.32 Å². The summed E-state index contributed by atoms with van der Waals surface area (Å²) in [4.78, 5) is 35.0. The Kier molecular flexibility index (Phi) is 11.3. The highest BCUT2D eigenvalue weighted by Crippen LogP contribution is 2.14. The third-order valence-electron chi connectivity index (χ3n) is 3.87.